The molecule has 0 radical (unpaired) electrons. The lowest BCUT2D eigenvalue weighted by atomic mass is 9.92. The minimum Gasteiger partial charge on any atom is -0.444 e. The molecular formula is C17H25ClN4O2. The molecule has 0 spiro atoms. The summed E-state index contributed by atoms with van der Waals surface area (Å²) in [5.41, 5.74) is 0.588. The van der Waals surface area contributed by atoms with E-state index < -0.39 is 5.60 Å². The first kappa shape index (κ1) is 17.4. The third-order valence-electron chi connectivity index (χ3n) is 4.56. The maximum atomic E-state index is 12.5. The molecule has 3 rings (SSSR count). The van der Waals surface area contributed by atoms with Crippen molar-refractivity contribution in [2.24, 2.45) is 5.92 Å². The van der Waals surface area contributed by atoms with Gasteiger partial charge in [-0.3, -0.25) is 4.90 Å². The van der Waals surface area contributed by atoms with E-state index in [4.69, 9.17) is 16.3 Å². The van der Waals surface area contributed by atoms with Gasteiger partial charge in [0.15, 0.2) is 0 Å². The highest BCUT2D eigenvalue weighted by Gasteiger charge is 2.42. The van der Waals surface area contributed by atoms with Gasteiger partial charge in [-0.15, -0.1) is 0 Å². The molecule has 2 aliphatic heterocycles. The molecule has 2 aliphatic rings. The highest BCUT2D eigenvalue weighted by atomic mass is 35.5. The number of rotatable bonds is 2. The Kier molecular flexibility index (Phi) is 4.97. The van der Waals surface area contributed by atoms with Crippen LogP contribution < -0.4 is 0 Å². The van der Waals surface area contributed by atoms with Crippen LogP contribution in [0.1, 0.15) is 39.2 Å². The van der Waals surface area contributed by atoms with Gasteiger partial charge < -0.3 is 9.64 Å². The van der Waals surface area contributed by atoms with E-state index in [-0.39, 0.29) is 17.4 Å². The predicted octanol–water partition coefficient (Wildman–Crippen LogP) is 2.96. The van der Waals surface area contributed by atoms with E-state index in [1.54, 1.807) is 12.4 Å². The third-order valence-corrected chi connectivity index (χ3v) is 4.76. The molecule has 7 heteroatoms. The smallest absolute Gasteiger partial charge is 0.410 e. The maximum absolute atomic E-state index is 12.5. The first-order valence-corrected chi connectivity index (χ1v) is 8.88. The van der Waals surface area contributed by atoms with Crippen LogP contribution in [0.3, 0.4) is 0 Å². The van der Waals surface area contributed by atoms with Gasteiger partial charge in [0.05, 0.1) is 6.04 Å². The van der Waals surface area contributed by atoms with E-state index >= 15 is 0 Å². The molecule has 2 atom stereocenters. The first-order valence-electron chi connectivity index (χ1n) is 8.50. The average Bonchev–Trinajstić information content (AvgIpc) is 2.90. The van der Waals surface area contributed by atoms with Crippen molar-refractivity contribution < 1.29 is 9.53 Å². The fraction of sp³-hybridized carbons (Fsp3) is 0.706. The van der Waals surface area contributed by atoms with Crippen LogP contribution in [0.15, 0.2) is 12.4 Å². The number of nitrogens with zero attached hydrogens (tertiary/aromatic N) is 4. The largest absolute Gasteiger partial charge is 0.444 e. The van der Waals surface area contributed by atoms with Gasteiger partial charge >= 0.3 is 6.09 Å². The zero-order chi connectivity index (χ0) is 17.3. The van der Waals surface area contributed by atoms with Crippen LogP contribution in [0, 0.1) is 5.92 Å². The van der Waals surface area contributed by atoms with E-state index in [0.717, 1.165) is 44.6 Å². The molecule has 0 bridgehead atoms. The predicted molar refractivity (Wildman–Crippen MR) is 91.8 cm³/mol. The van der Waals surface area contributed by atoms with Crippen molar-refractivity contribution in [1.82, 2.24) is 19.8 Å². The fourth-order valence-electron chi connectivity index (χ4n) is 3.62. The maximum Gasteiger partial charge on any atom is 0.410 e. The zero-order valence-corrected chi connectivity index (χ0v) is 15.3. The molecule has 24 heavy (non-hydrogen) atoms. The SMILES string of the molecule is CC(C)(C)OC(=O)N1CCC[C@@H]2CN(Cc3cnc(Cl)nc3)C[C@@H]21. The van der Waals surface area contributed by atoms with Crippen molar-refractivity contribution in [1.29, 1.82) is 0 Å². The van der Waals surface area contributed by atoms with Gasteiger partial charge in [-0.25, -0.2) is 14.8 Å². The molecule has 1 amide bonds. The fourth-order valence-corrected chi connectivity index (χ4v) is 3.72. The standard InChI is InChI=1S/C17H25ClN4O2/c1-17(2,3)24-16(23)22-6-4-5-13-10-21(11-14(13)22)9-12-7-19-15(18)20-8-12/h7-8,13-14H,4-6,9-11H2,1-3H3/t13-,14+/m1/s1. The lowest BCUT2D eigenvalue weighted by Gasteiger charge is -2.37. The molecule has 3 heterocycles. The number of carbonyl (C=O) groups excluding carboxylic acids is 1. The monoisotopic (exact) mass is 352 g/mol. The van der Waals surface area contributed by atoms with E-state index in [1.807, 2.05) is 25.7 Å². The highest BCUT2D eigenvalue weighted by molar-refractivity contribution is 6.28. The lowest BCUT2D eigenvalue weighted by Crippen LogP contribution is -2.50. The topological polar surface area (TPSA) is 58.6 Å². The highest BCUT2D eigenvalue weighted by Crippen LogP contribution is 2.32. The second-order valence-electron chi connectivity index (χ2n) is 7.70. The summed E-state index contributed by atoms with van der Waals surface area (Å²) in [6, 6.07) is 0.238. The first-order chi connectivity index (χ1) is 11.3. The Morgan fingerprint density at radius 2 is 2.04 bits per heavy atom. The Bertz CT molecular complexity index is 587. The van der Waals surface area contributed by atoms with Crippen molar-refractivity contribution in [2.75, 3.05) is 19.6 Å². The van der Waals surface area contributed by atoms with Crippen LogP contribution in [-0.4, -0.2) is 57.1 Å². The molecule has 0 saturated carbocycles. The van der Waals surface area contributed by atoms with Crippen LogP contribution in [-0.2, 0) is 11.3 Å². The Morgan fingerprint density at radius 1 is 1.33 bits per heavy atom. The quantitative estimate of drug-likeness (QED) is 0.766. The van der Waals surface area contributed by atoms with Crippen molar-refractivity contribution in [3.05, 3.63) is 23.2 Å². The summed E-state index contributed by atoms with van der Waals surface area (Å²) in [6.07, 6.45) is 5.55. The Balaban J connectivity index is 1.64. The van der Waals surface area contributed by atoms with E-state index in [0.29, 0.717) is 5.92 Å². The summed E-state index contributed by atoms with van der Waals surface area (Å²) in [4.78, 5) is 24.9. The van der Waals surface area contributed by atoms with E-state index in [1.165, 1.54) is 0 Å². The van der Waals surface area contributed by atoms with Crippen LogP contribution in [0.4, 0.5) is 4.79 Å². The van der Waals surface area contributed by atoms with Gasteiger partial charge in [-0.2, -0.15) is 0 Å². The van der Waals surface area contributed by atoms with Gasteiger partial charge in [-0.05, 0) is 51.1 Å². The Hall–Kier alpha value is -1.40. The summed E-state index contributed by atoms with van der Waals surface area (Å²) in [5, 5.41) is 0.268. The van der Waals surface area contributed by atoms with Crippen LogP contribution >= 0.6 is 11.6 Å². The second kappa shape index (κ2) is 6.84. The van der Waals surface area contributed by atoms with Crippen molar-refractivity contribution in [2.45, 2.75) is 51.8 Å². The molecule has 0 N–H and O–H groups in total. The number of amides is 1. The molecule has 0 unspecified atom stereocenters. The van der Waals surface area contributed by atoms with Gasteiger partial charge in [0.25, 0.3) is 0 Å². The Morgan fingerprint density at radius 3 is 2.71 bits per heavy atom. The molecule has 1 aromatic rings. The zero-order valence-electron chi connectivity index (χ0n) is 14.5. The molecule has 2 fully saturated rings. The van der Waals surface area contributed by atoms with Gasteiger partial charge in [-0.1, -0.05) is 0 Å². The number of halogens is 1. The normalized spacial score (nSPS) is 24.8. The minimum atomic E-state index is -0.455. The summed E-state index contributed by atoms with van der Waals surface area (Å²) in [6.45, 7) is 9.16. The lowest BCUT2D eigenvalue weighted by molar-refractivity contribution is 0.00621. The van der Waals surface area contributed by atoms with Crippen LogP contribution in [0.25, 0.3) is 0 Å². The molecule has 1 aromatic heterocycles. The van der Waals surface area contributed by atoms with Crippen molar-refractivity contribution in [3.8, 4) is 0 Å². The number of ether oxygens (including phenoxy) is 1. The summed E-state index contributed by atoms with van der Waals surface area (Å²) < 4.78 is 5.59. The van der Waals surface area contributed by atoms with Crippen LogP contribution in [0.5, 0.6) is 0 Å². The second-order valence-corrected chi connectivity index (χ2v) is 8.04. The summed E-state index contributed by atoms with van der Waals surface area (Å²) >= 11 is 5.74. The average molecular weight is 353 g/mol. The number of hydrogen-bond donors (Lipinski definition) is 0. The van der Waals surface area contributed by atoms with E-state index in [2.05, 4.69) is 14.9 Å². The summed E-state index contributed by atoms with van der Waals surface area (Å²) in [7, 11) is 0. The number of piperidine rings is 1. The van der Waals surface area contributed by atoms with Crippen molar-refractivity contribution in [3.63, 3.8) is 0 Å². The van der Waals surface area contributed by atoms with E-state index in [9.17, 15) is 4.79 Å². The van der Waals surface area contributed by atoms with Crippen LogP contribution in [0.2, 0.25) is 5.28 Å². The molecule has 0 aliphatic carbocycles. The minimum absolute atomic E-state index is 0.186. The van der Waals surface area contributed by atoms with Gasteiger partial charge in [0.1, 0.15) is 5.60 Å². The molecule has 6 nitrogen and oxygen atoms in total. The van der Waals surface area contributed by atoms with Crippen molar-refractivity contribution >= 4 is 17.7 Å². The van der Waals surface area contributed by atoms with Gasteiger partial charge in [0, 0.05) is 44.1 Å². The third kappa shape index (κ3) is 4.16. The number of aromatic nitrogens is 2. The Labute approximate surface area is 148 Å². The molecule has 2 saturated heterocycles. The molecule has 132 valence electrons. The molecular weight excluding hydrogens is 328 g/mol. The summed E-state index contributed by atoms with van der Waals surface area (Å²) in [5.74, 6) is 0.513. The number of carbonyl (C=O) groups is 1. The number of likely N-dealkylation sites (tertiary alicyclic amines) is 2. The number of fused-ring (bicyclic) bond motifs is 1. The van der Waals surface area contributed by atoms with Gasteiger partial charge in [0.2, 0.25) is 5.28 Å². The number of hydrogen-bond acceptors (Lipinski definition) is 5. The molecule has 0 aromatic carbocycles.